The lowest BCUT2D eigenvalue weighted by Gasteiger charge is -2.40. The van der Waals surface area contributed by atoms with E-state index in [0.29, 0.717) is 19.3 Å². The molecule has 0 aromatic heterocycles. The maximum Gasteiger partial charge on any atom is 0.193 e. The Bertz CT molecular complexity index is 405. The van der Waals surface area contributed by atoms with Crippen LogP contribution in [0.15, 0.2) is 0 Å². The van der Waals surface area contributed by atoms with E-state index in [9.17, 15) is 4.79 Å². The summed E-state index contributed by atoms with van der Waals surface area (Å²) in [6.07, 6.45) is 8.59. The molecule has 0 aromatic carbocycles. The lowest BCUT2D eigenvalue weighted by atomic mass is 9.92. The van der Waals surface area contributed by atoms with Crippen molar-refractivity contribution in [2.45, 2.75) is 82.7 Å². The molecule has 1 rings (SSSR count). The highest BCUT2D eigenvalue weighted by atomic mass is 28.4. The molecule has 5 heteroatoms. The van der Waals surface area contributed by atoms with Gasteiger partial charge < -0.3 is 13.9 Å². The molecule has 0 saturated heterocycles. The second-order valence-electron chi connectivity index (χ2n) is 6.42. The molecule has 0 aromatic rings. The first-order chi connectivity index (χ1) is 11.0. The summed E-state index contributed by atoms with van der Waals surface area (Å²) in [5.41, 5.74) is -0.691. The number of ketones is 1. The van der Waals surface area contributed by atoms with Gasteiger partial charge in [0.05, 0.1) is 6.10 Å². The van der Waals surface area contributed by atoms with Crippen LogP contribution < -0.4 is 0 Å². The third-order valence-electron chi connectivity index (χ3n) is 5.16. The van der Waals surface area contributed by atoms with Crippen molar-refractivity contribution in [3.8, 4) is 12.3 Å². The average Bonchev–Trinajstić information content (AvgIpc) is 2.91. The van der Waals surface area contributed by atoms with Crippen molar-refractivity contribution in [2.24, 2.45) is 0 Å². The van der Waals surface area contributed by atoms with E-state index in [-0.39, 0.29) is 18.7 Å². The number of hydrogen-bond donors (Lipinski definition) is 0. The molecular formula is C18H32O4Si. The molecule has 4 nitrogen and oxygen atoms in total. The maximum atomic E-state index is 12.7. The second-order valence-corrected chi connectivity index (χ2v) is 11.1. The molecule has 1 fully saturated rings. The van der Waals surface area contributed by atoms with Crippen LogP contribution in [0.3, 0.4) is 0 Å². The molecule has 0 N–H and O–H groups in total. The Balaban J connectivity index is 2.98. The van der Waals surface area contributed by atoms with Crippen LogP contribution in [-0.2, 0) is 18.7 Å². The number of ether oxygens (including phenoxy) is 2. The molecule has 0 heterocycles. The average molecular weight is 341 g/mol. The van der Waals surface area contributed by atoms with Crippen LogP contribution in [0.1, 0.15) is 52.9 Å². The van der Waals surface area contributed by atoms with Gasteiger partial charge in [0.15, 0.2) is 14.1 Å². The van der Waals surface area contributed by atoms with Crippen molar-refractivity contribution in [1.82, 2.24) is 0 Å². The summed E-state index contributed by atoms with van der Waals surface area (Å²) in [6, 6.07) is 3.11. The number of rotatable bonds is 11. The predicted octanol–water partition coefficient (Wildman–Crippen LogP) is 3.90. The van der Waals surface area contributed by atoms with Crippen LogP contribution in [0.2, 0.25) is 18.1 Å². The molecular weight excluding hydrogens is 308 g/mol. The largest absolute Gasteiger partial charge is 0.404 e. The lowest BCUT2D eigenvalue weighted by Crippen LogP contribution is -2.51. The minimum atomic E-state index is -1.88. The minimum absolute atomic E-state index is 0.189. The molecule has 0 amide bonds. The molecule has 1 aliphatic carbocycles. The fraction of sp³-hybridized carbons (Fsp3) is 0.833. The monoisotopic (exact) mass is 340 g/mol. The number of hydrogen-bond acceptors (Lipinski definition) is 4. The third kappa shape index (κ3) is 5.15. The summed E-state index contributed by atoms with van der Waals surface area (Å²) in [5.74, 6) is 2.88. The van der Waals surface area contributed by atoms with Crippen molar-refractivity contribution in [1.29, 1.82) is 0 Å². The van der Waals surface area contributed by atoms with Gasteiger partial charge in [0.25, 0.3) is 0 Å². The Morgan fingerprint density at radius 1 is 1.30 bits per heavy atom. The first-order valence-electron chi connectivity index (χ1n) is 8.79. The molecule has 0 aliphatic heterocycles. The van der Waals surface area contributed by atoms with Crippen molar-refractivity contribution in [2.75, 3.05) is 13.9 Å². The lowest BCUT2D eigenvalue weighted by molar-refractivity contribution is -0.139. The first-order valence-corrected chi connectivity index (χ1v) is 11.3. The van der Waals surface area contributed by atoms with Crippen molar-refractivity contribution >= 4 is 14.1 Å². The van der Waals surface area contributed by atoms with Crippen LogP contribution in [-0.4, -0.2) is 39.7 Å². The van der Waals surface area contributed by atoms with E-state index in [4.69, 9.17) is 20.3 Å². The fourth-order valence-corrected chi connectivity index (χ4v) is 6.56. The zero-order valence-electron chi connectivity index (χ0n) is 15.2. The topological polar surface area (TPSA) is 44.8 Å². The number of carbonyl (C=O) groups is 1. The minimum Gasteiger partial charge on any atom is -0.404 e. The number of methoxy groups -OCH3 is 1. The summed E-state index contributed by atoms with van der Waals surface area (Å²) in [7, 11) is -0.290. The van der Waals surface area contributed by atoms with Crippen molar-refractivity contribution in [3.05, 3.63) is 0 Å². The number of terminal acetylenes is 1. The summed E-state index contributed by atoms with van der Waals surface area (Å²) in [5, 5.41) is 0. The molecule has 132 valence electrons. The normalized spacial score (nSPS) is 23.0. The predicted molar refractivity (Wildman–Crippen MR) is 94.7 cm³/mol. The van der Waals surface area contributed by atoms with Crippen molar-refractivity contribution in [3.63, 3.8) is 0 Å². The zero-order chi connectivity index (χ0) is 17.3. The highest BCUT2D eigenvalue weighted by Crippen LogP contribution is 2.40. The third-order valence-corrected chi connectivity index (χ3v) is 9.85. The van der Waals surface area contributed by atoms with Gasteiger partial charge in [0, 0.05) is 26.4 Å². The van der Waals surface area contributed by atoms with E-state index in [2.05, 4.69) is 26.7 Å². The molecule has 0 spiro atoms. The van der Waals surface area contributed by atoms with E-state index < -0.39 is 13.9 Å². The summed E-state index contributed by atoms with van der Waals surface area (Å²) < 4.78 is 17.4. The second kappa shape index (κ2) is 9.58. The zero-order valence-corrected chi connectivity index (χ0v) is 16.2. The Morgan fingerprint density at radius 3 is 2.39 bits per heavy atom. The summed E-state index contributed by atoms with van der Waals surface area (Å²) in [6.45, 7) is 6.75. The molecule has 0 unspecified atom stereocenters. The van der Waals surface area contributed by atoms with Gasteiger partial charge in [0.1, 0.15) is 12.4 Å². The van der Waals surface area contributed by atoms with Crippen LogP contribution in [0.25, 0.3) is 0 Å². The van der Waals surface area contributed by atoms with Gasteiger partial charge >= 0.3 is 0 Å². The van der Waals surface area contributed by atoms with Gasteiger partial charge in [-0.05, 0) is 31.0 Å². The molecule has 0 bridgehead atoms. The van der Waals surface area contributed by atoms with E-state index >= 15 is 0 Å². The SMILES string of the molecule is C#CC[C@@H](C[C@]1(O[Si](CC)(CC)CC)CCCC1=O)OCOC. The van der Waals surface area contributed by atoms with Gasteiger partial charge in [-0.25, -0.2) is 0 Å². The van der Waals surface area contributed by atoms with Crippen molar-refractivity contribution < 1.29 is 18.7 Å². The van der Waals surface area contributed by atoms with Gasteiger partial charge in [-0.1, -0.05) is 20.8 Å². The van der Waals surface area contributed by atoms with E-state index in [1.807, 2.05) is 0 Å². The van der Waals surface area contributed by atoms with Crippen LogP contribution in [0.4, 0.5) is 0 Å². The van der Waals surface area contributed by atoms with Gasteiger partial charge in [-0.2, -0.15) is 0 Å². The molecule has 2 atom stereocenters. The number of carbonyl (C=O) groups excluding carboxylic acids is 1. The van der Waals surface area contributed by atoms with E-state index in [1.54, 1.807) is 7.11 Å². The fourth-order valence-electron chi connectivity index (χ4n) is 3.50. The van der Waals surface area contributed by atoms with Gasteiger partial charge in [-0.3, -0.25) is 4.79 Å². The van der Waals surface area contributed by atoms with Gasteiger partial charge in [0.2, 0.25) is 0 Å². The first kappa shape index (κ1) is 20.4. The standard InChI is InChI=1S/C18H32O4Si/c1-6-11-16(21-15-20-5)14-18(13-10-12-17(18)19)22-23(7-2,8-3)9-4/h1,16H,7-15H2,2-5H3/t16-,18+/m0/s1. The van der Waals surface area contributed by atoms with Crippen LogP contribution in [0.5, 0.6) is 0 Å². The quantitative estimate of drug-likeness (QED) is 0.325. The molecule has 1 saturated carbocycles. The van der Waals surface area contributed by atoms with E-state index in [0.717, 1.165) is 31.0 Å². The smallest absolute Gasteiger partial charge is 0.193 e. The van der Waals surface area contributed by atoms with Crippen LogP contribution in [0, 0.1) is 12.3 Å². The molecule has 0 radical (unpaired) electrons. The van der Waals surface area contributed by atoms with Gasteiger partial charge in [-0.15, -0.1) is 12.3 Å². The summed E-state index contributed by atoms with van der Waals surface area (Å²) in [4.78, 5) is 12.7. The van der Waals surface area contributed by atoms with E-state index in [1.165, 1.54) is 0 Å². The highest BCUT2D eigenvalue weighted by molar-refractivity contribution is 6.73. The summed E-state index contributed by atoms with van der Waals surface area (Å²) >= 11 is 0. The Hall–Kier alpha value is -0.673. The molecule has 23 heavy (non-hydrogen) atoms. The Morgan fingerprint density at radius 2 is 1.96 bits per heavy atom. The van der Waals surface area contributed by atoms with Crippen LogP contribution >= 0.6 is 0 Å². The number of Topliss-reactive ketones (excluding diaryl/α,β-unsaturated/α-hetero) is 1. The maximum absolute atomic E-state index is 12.7. The highest BCUT2D eigenvalue weighted by Gasteiger charge is 2.49. The Kier molecular flexibility index (Phi) is 8.49. The Labute approximate surface area is 142 Å². The molecule has 1 aliphatic rings.